The SMILES string of the molecule is CC(C)(C)OC[C@H](NC(=O)[C@H](NC(=O)COc1ccc(C2C(CCC(O)c3ccc(F)cc3)C(=O)N2c2ccc(F)cc2)cc1)c1ccccc1)C(=O)OC(C)(C)C. The van der Waals surface area contributed by atoms with Gasteiger partial charge in [-0.15, -0.1) is 0 Å². The first kappa shape index (κ1) is 43.5. The van der Waals surface area contributed by atoms with Crippen molar-refractivity contribution in [3.63, 3.8) is 0 Å². The molecule has 13 heteroatoms. The van der Waals surface area contributed by atoms with Crippen LogP contribution in [0.3, 0.4) is 0 Å². The molecule has 1 aliphatic rings. The Bertz CT molecular complexity index is 2010. The number of aliphatic hydroxyl groups is 1. The number of carbonyl (C=O) groups excluding carboxylic acids is 4. The van der Waals surface area contributed by atoms with E-state index in [0.29, 0.717) is 29.0 Å². The third kappa shape index (κ3) is 11.9. The van der Waals surface area contributed by atoms with E-state index in [9.17, 15) is 33.1 Å². The molecule has 58 heavy (non-hydrogen) atoms. The van der Waals surface area contributed by atoms with Gasteiger partial charge in [0.25, 0.3) is 5.91 Å². The van der Waals surface area contributed by atoms with Crippen molar-refractivity contribution < 1.29 is 47.3 Å². The zero-order valence-electron chi connectivity index (χ0n) is 33.5. The number of carbonyl (C=O) groups is 4. The molecule has 0 bridgehead atoms. The molecule has 308 valence electrons. The lowest BCUT2D eigenvalue weighted by molar-refractivity contribution is -0.162. The van der Waals surface area contributed by atoms with Gasteiger partial charge in [-0.3, -0.25) is 14.4 Å². The topological polar surface area (TPSA) is 144 Å². The number of ether oxygens (including phenoxy) is 3. The lowest BCUT2D eigenvalue weighted by Crippen LogP contribution is -2.55. The average molecular weight is 800 g/mol. The molecule has 4 aromatic rings. The lowest BCUT2D eigenvalue weighted by Gasteiger charge is -2.48. The minimum Gasteiger partial charge on any atom is -0.484 e. The number of hydrogen-bond acceptors (Lipinski definition) is 8. The molecule has 3 amide bonds. The summed E-state index contributed by atoms with van der Waals surface area (Å²) in [4.78, 5) is 55.3. The molecule has 0 saturated carbocycles. The van der Waals surface area contributed by atoms with E-state index in [4.69, 9.17) is 14.2 Å². The highest BCUT2D eigenvalue weighted by molar-refractivity contribution is 6.03. The Morgan fingerprint density at radius 1 is 0.776 bits per heavy atom. The Hall–Kier alpha value is -5.66. The van der Waals surface area contributed by atoms with E-state index in [1.807, 2.05) is 20.8 Å². The highest BCUT2D eigenvalue weighted by atomic mass is 19.1. The summed E-state index contributed by atoms with van der Waals surface area (Å²) in [6.45, 7) is 10.0. The number of nitrogens with zero attached hydrogens (tertiary/aromatic N) is 1. The first-order chi connectivity index (χ1) is 27.4. The summed E-state index contributed by atoms with van der Waals surface area (Å²) in [6.07, 6.45) is -0.325. The van der Waals surface area contributed by atoms with E-state index in [-0.39, 0.29) is 18.9 Å². The first-order valence-electron chi connectivity index (χ1n) is 19.1. The second-order valence-corrected chi connectivity index (χ2v) is 16.2. The molecule has 0 spiro atoms. The Labute approximate surface area is 337 Å². The fourth-order valence-corrected chi connectivity index (χ4v) is 6.48. The van der Waals surface area contributed by atoms with Crippen molar-refractivity contribution in [1.29, 1.82) is 0 Å². The molecular formula is C45H51F2N3O8. The second-order valence-electron chi connectivity index (χ2n) is 16.2. The fourth-order valence-electron chi connectivity index (χ4n) is 6.48. The lowest BCUT2D eigenvalue weighted by atomic mass is 9.78. The van der Waals surface area contributed by atoms with Gasteiger partial charge in [-0.1, -0.05) is 54.6 Å². The Balaban J connectivity index is 1.26. The van der Waals surface area contributed by atoms with Crippen molar-refractivity contribution in [2.75, 3.05) is 18.1 Å². The van der Waals surface area contributed by atoms with Gasteiger partial charge >= 0.3 is 5.97 Å². The van der Waals surface area contributed by atoms with Gasteiger partial charge in [-0.05, 0) is 120 Å². The molecule has 1 heterocycles. The first-order valence-corrected chi connectivity index (χ1v) is 19.1. The second kappa shape index (κ2) is 18.7. The van der Waals surface area contributed by atoms with Crippen molar-refractivity contribution in [3.05, 3.63) is 131 Å². The van der Waals surface area contributed by atoms with Crippen LogP contribution in [0, 0.1) is 17.6 Å². The zero-order chi connectivity index (χ0) is 42.2. The summed E-state index contributed by atoms with van der Waals surface area (Å²) in [6, 6.07) is 23.8. The third-order valence-electron chi connectivity index (χ3n) is 9.31. The largest absolute Gasteiger partial charge is 0.484 e. The molecule has 1 fully saturated rings. The highest BCUT2D eigenvalue weighted by Gasteiger charge is 2.48. The van der Waals surface area contributed by atoms with Gasteiger partial charge in [0.1, 0.15) is 29.0 Å². The minimum absolute atomic E-state index is 0.159. The standard InChI is InChI=1S/C45H51F2N3O8/c1-44(2,3)57-26-36(43(55)58-45(4,5)6)48-41(53)39(29-10-8-7-9-11-29)49-38(52)27-56-34-22-14-30(15-23-34)40-35(24-25-37(51)28-12-16-31(46)17-13-28)42(54)50(40)33-20-18-32(47)19-21-33/h7-23,35-37,39-40,51H,24-27H2,1-6H3,(H,48,53)(H,49,52)/t35?,36-,37?,39+,40?/m0/s1. The predicted molar refractivity (Wildman–Crippen MR) is 213 cm³/mol. The molecule has 5 atom stereocenters. The van der Waals surface area contributed by atoms with Crippen molar-refractivity contribution in [2.45, 2.75) is 89.8 Å². The van der Waals surface area contributed by atoms with Crippen LogP contribution in [-0.4, -0.2) is 59.3 Å². The summed E-state index contributed by atoms with van der Waals surface area (Å²) in [5, 5.41) is 16.2. The number of benzene rings is 4. The number of rotatable bonds is 16. The molecule has 5 rings (SSSR count). The van der Waals surface area contributed by atoms with Crippen LogP contribution in [0.5, 0.6) is 5.75 Å². The van der Waals surface area contributed by atoms with Crippen LogP contribution >= 0.6 is 0 Å². The maximum Gasteiger partial charge on any atom is 0.331 e. The Morgan fingerprint density at radius 2 is 1.38 bits per heavy atom. The van der Waals surface area contributed by atoms with E-state index in [1.165, 1.54) is 48.5 Å². The van der Waals surface area contributed by atoms with Crippen LogP contribution in [-0.2, 0) is 28.7 Å². The molecule has 0 radical (unpaired) electrons. The van der Waals surface area contributed by atoms with Crippen LogP contribution in [0.1, 0.15) is 89.3 Å². The molecule has 4 aromatic carbocycles. The average Bonchev–Trinajstić information content (AvgIpc) is 3.17. The molecule has 3 unspecified atom stereocenters. The minimum atomic E-state index is -1.19. The predicted octanol–water partition coefficient (Wildman–Crippen LogP) is 7.06. The number of amides is 3. The monoisotopic (exact) mass is 799 g/mol. The summed E-state index contributed by atoms with van der Waals surface area (Å²) >= 11 is 0. The number of aliphatic hydroxyl groups excluding tert-OH is 1. The highest BCUT2D eigenvalue weighted by Crippen LogP contribution is 2.46. The molecule has 0 aromatic heterocycles. The summed E-state index contributed by atoms with van der Waals surface area (Å²) in [5.41, 5.74) is 0.842. The van der Waals surface area contributed by atoms with E-state index < -0.39 is 77.4 Å². The number of hydrogen-bond donors (Lipinski definition) is 3. The number of anilines is 1. The van der Waals surface area contributed by atoms with E-state index in [2.05, 4.69) is 10.6 Å². The summed E-state index contributed by atoms with van der Waals surface area (Å²) in [7, 11) is 0. The number of β-lactam (4-membered cyclic amide) rings is 1. The zero-order valence-corrected chi connectivity index (χ0v) is 33.5. The molecule has 3 N–H and O–H groups in total. The van der Waals surface area contributed by atoms with E-state index in [1.54, 1.807) is 80.3 Å². The molecule has 1 aliphatic heterocycles. The fraction of sp³-hybridized carbons (Fsp3) is 0.378. The van der Waals surface area contributed by atoms with Gasteiger partial charge in [-0.25, -0.2) is 13.6 Å². The van der Waals surface area contributed by atoms with Crippen molar-refractivity contribution in [3.8, 4) is 5.75 Å². The normalized spacial score (nSPS) is 17.1. The smallest absolute Gasteiger partial charge is 0.331 e. The molecule has 0 aliphatic carbocycles. The summed E-state index contributed by atoms with van der Waals surface area (Å²) < 4.78 is 44.4. The van der Waals surface area contributed by atoms with Crippen molar-refractivity contribution >= 4 is 29.4 Å². The summed E-state index contributed by atoms with van der Waals surface area (Å²) in [5.74, 6) is -3.16. The number of nitrogens with one attached hydrogen (secondary N) is 2. The van der Waals surface area contributed by atoms with Gasteiger partial charge in [0.2, 0.25) is 11.8 Å². The third-order valence-corrected chi connectivity index (χ3v) is 9.31. The number of esters is 1. The van der Waals surface area contributed by atoms with Crippen LogP contribution in [0.15, 0.2) is 103 Å². The number of halogens is 2. The van der Waals surface area contributed by atoms with Crippen molar-refractivity contribution in [2.24, 2.45) is 5.92 Å². The quantitative estimate of drug-likeness (QED) is 0.0808. The van der Waals surface area contributed by atoms with Crippen molar-refractivity contribution in [1.82, 2.24) is 10.6 Å². The van der Waals surface area contributed by atoms with Gasteiger partial charge in [0.15, 0.2) is 12.6 Å². The van der Waals surface area contributed by atoms with Gasteiger partial charge < -0.3 is 34.9 Å². The van der Waals surface area contributed by atoms with E-state index >= 15 is 0 Å². The van der Waals surface area contributed by atoms with Gasteiger partial charge in [0, 0.05) is 5.69 Å². The maximum absolute atomic E-state index is 13.8. The van der Waals surface area contributed by atoms with Gasteiger partial charge in [-0.2, -0.15) is 0 Å². The Morgan fingerprint density at radius 3 is 1.97 bits per heavy atom. The maximum atomic E-state index is 13.8. The molecule has 1 saturated heterocycles. The molecule has 11 nitrogen and oxygen atoms in total. The Kier molecular flexibility index (Phi) is 14.0. The molecular weight excluding hydrogens is 749 g/mol. The van der Waals surface area contributed by atoms with E-state index in [0.717, 1.165) is 5.56 Å². The van der Waals surface area contributed by atoms with Crippen LogP contribution in [0.25, 0.3) is 0 Å². The van der Waals surface area contributed by atoms with Crippen LogP contribution in [0.4, 0.5) is 14.5 Å². The van der Waals surface area contributed by atoms with Crippen LogP contribution in [0.2, 0.25) is 0 Å². The van der Waals surface area contributed by atoms with Crippen LogP contribution < -0.4 is 20.3 Å². The van der Waals surface area contributed by atoms with Gasteiger partial charge in [0.05, 0.1) is 30.3 Å².